The Balaban J connectivity index is 2.17. The van der Waals surface area contributed by atoms with E-state index >= 15 is 0 Å². The molecule has 0 radical (unpaired) electrons. The van der Waals surface area contributed by atoms with Crippen molar-refractivity contribution in [3.05, 3.63) is 16.3 Å². The van der Waals surface area contributed by atoms with E-state index in [4.69, 9.17) is 4.74 Å². The molecule has 1 amide bonds. The average molecular weight is 256 g/mol. The first-order valence-electron chi connectivity index (χ1n) is 5.62. The molecule has 17 heavy (non-hydrogen) atoms. The van der Waals surface area contributed by atoms with Crippen LogP contribution in [-0.4, -0.2) is 24.8 Å². The zero-order valence-corrected chi connectivity index (χ0v) is 11.6. The van der Waals surface area contributed by atoms with E-state index in [1.54, 1.807) is 11.3 Å². The van der Waals surface area contributed by atoms with Gasteiger partial charge in [-0.3, -0.25) is 0 Å². The summed E-state index contributed by atoms with van der Waals surface area (Å²) in [6.07, 6.45) is -0.374. The van der Waals surface area contributed by atoms with Crippen LogP contribution in [0.2, 0.25) is 0 Å². The zero-order chi connectivity index (χ0) is 12.9. The first kappa shape index (κ1) is 13.8. The maximum absolute atomic E-state index is 11.3. The standard InChI is InChI=1S/C12H20N2O2S/c1-9-7-17-8-10(9)13-5-6-14-11(15)16-12(2,3)4/h7-8,13H,5-6H2,1-4H3,(H,14,15). The number of hydrogen-bond acceptors (Lipinski definition) is 4. The van der Waals surface area contributed by atoms with Crippen LogP contribution in [0.25, 0.3) is 0 Å². The second kappa shape index (κ2) is 5.91. The van der Waals surface area contributed by atoms with Gasteiger partial charge in [0.05, 0.1) is 0 Å². The van der Waals surface area contributed by atoms with Crippen LogP contribution in [0.3, 0.4) is 0 Å². The van der Waals surface area contributed by atoms with Gasteiger partial charge in [-0.05, 0) is 38.6 Å². The monoisotopic (exact) mass is 256 g/mol. The number of anilines is 1. The first-order chi connectivity index (χ1) is 7.88. The lowest BCUT2D eigenvalue weighted by molar-refractivity contribution is 0.0530. The van der Waals surface area contributed by atoms with Crippen molar-refractivity contribution < 1.29 is 9.53 Å². The Labute approximate surface area is 106 Å². The third-order valence-electron chi connectivity index (χ3n) is 1.96. The third kappa shape index (κ3) is 5.58. The molecular weight excluding hydrogens is 236 g/mol. The molecule has 0 spiro atoms. The number of thiophene rings is 1. The number of amides is 1. The molecule has 5 heteroatoms. The van der Waals surface area contributed by atoms with Gasteiger partial charge in [-0.25, -0.2) is 4.79 Å². The average Bonchev–Trinajstić information content (AvgIpc) is 2.56. The normalized spacial score (nSPS) is 11.1. The summed E-state index contributed by atoms with van der Waals surface area (Å²) in [4.78, 5) is 11.3. The van der Waals surface area contributed by atoms with E-state index in [-0.39, 0.29) is 6.09 Å². The number of carbonyl (C=O) groups is 1. The number of rotatable bonds is 4. The molecule has 0 fully saturated rings. The summed E-state index contributed by atoms with van der Waals surface area (Å²) >= 11 is 1.66. The third-order valence-corrected chi connectivity index (χ3v) is 2.83. The molecule has 0 aliphatic heterocycles. The van der Waals surface area contributed by atoms with Crippen LogP contribution in [0.5, 0.6) is 0 Å². The van der Waals surface area contributed by atoms with E-state index in [2.05, 4.69) is 28.3 Å². The number of alkyl carbamates (subject to hydrolysis) is 1. The number of ether oxygens (including phenoxy) is 1. The molecule has 0 saturated carbocycles. The second-order valence-electron chi connectivity index (χ2n) is 4.82. The molecule has 1 heterocycles. The Morgan fingerprint density at radius 1 is 1.35 bits per heavy atom. The van der Waals surface area contributed by atoms with E-state index in [1.807, 2.05) is 20.8 Å². The summed E-state index contributed by atoms with van der Waals surface area (Å²) < 4.78 is 5.12. The molecule has 0 saturated heterocycles. The SMILES string of the molecule is Cc1cscc1NCCNC(=O)OC(C)(C)C. The van der Waals surface area contributed by atoms with Crippen molar-refractivity contribution in [2.45, 2.75) is 33.3 Å². The van der Waals surface area contributed by atoms with Crippen LogP contribution in [0.15, 0.2) is 10.8 Å². The van der Waals surface area contributed by atoms with Gasteiger partial charge in [0.1, 0.15) is 5.60 Å². The van der Waals surface area contributed by atoms with Crippen molar-refractivity contribution in [2.24, 2.45) is 0 Å². The Hall–Kier alpha value is -1.23. The first-order valence-corrected chi connectivity index (χ1v) is 6.56. The van der Waals surface area contributed by atoms with Gasteiger partial charge >= 0.3 is 6.09 Å². The number of hydrogen-bond donors (Lipinski definition) is 2. The summed E-state index contributed by atoms with van der Waals surface area (Å²) in [6, 6.07) is 0. The van der Waals surface area contributed by atoms with E-state index in [0.717, 1.165) is 5.69 Å². The van der Waals surface area contributed by atoms with Gasteiger partial charge in [0, 0.05) is 24.2 Å². The smallest absolute Gasteiger partial charge is 0.407 e. The Bertz CT molecular complexity index is 369. The fourth-order valence-electron chi connectivity index (χ4n) is 1.22. The fourth-order valence-corrected chi connectivity index (χ4v) is 2.02. The highest BCUT2D eigenvalue weighted by atomic mass is 32.1. The Morgan fingerprint density at radius 2 is 2.06 bits per heavy atom. The lowest BCUT2D eigenvalue weighted by Crippen LogP contribution is -2.35. The van der Waals surface area contributed by atoms with Gasteiger partial charge in [-0.1, -0.05) is 0 Å². The molecule has 0 atom stereocenters. The number of carbonyl (C=O) groups excluding carboxylic acids is 1. The van der Waals surface area contributed by atoms with Crippen molar-refractivity contribution in [3.63, 3.8) is 0 Å². The van der Waals surface area contributed by atoms with Crippen molar-refractivity contribution in [3.8, 4) is 0 Å². The largest absolute Gasteiger partial charge is 0.444 e. The second-order valence-corrected chi connectivity index (χ2v) is 5.57. The molecule has 0 unspecified atom stereocenters. The van der Waals surface area contributed by atoms with Crippen LogP contribution >= 0.6 is 11.3 Å². The van der Waals surface area contributed by atoms with Crippen LogP contribution in [0.4, 0.5) is 10.5 Å². The van der Waals surface area contributed by atoms with E-state index in [1.165, 1.54) is 5.56 Å². The van der Waals surface area contributed by atoms with Gasteiger partial charge in [0.2, 0.25) is 0 Å². The molecule has 0 aromatic carbocycles. The molecular formula is C12H20N2O2S. The summed E-state index contributed by atoms with van der Waals surface area (Å²) in [5.41, 5.74) is 1.91. The molecule has 4 nitrogen and oxygen atoms in total. The van der Waals surface area contributed by atoms with E-state index in [0.29, 0.717) is 13.1 Å². The molecule has 0 bridgehead atoms. The minimum absolute atomic E-state index is 0.374. The predicted octanol–water partition coefficient (Wildman–Crippen LogP) is 2.99. The molecule has 1 rings (SSSR count). The van der Waals surface area contributed by atoms with Crippen LogP contribution in [0.1, 0.15) is 26.3 Å². The van der Waals surface area contributed by atoms with Crippen LogP contribution in [-0.2, 0) is 4.74 Å². The fraction of sp³-hybridized carbons (Fsp3) is 0.583. The summed E-state index contributed by atoms with van der Waals surface area (Å²) in [5, 5.41) is 10.1. The zero-order valence-electron chi connectivity index (χ0n) is 10.8. The van der Waals surface area contributed by atoms with Gasteiger partial charge in [0.15, 0.2) is 0 Å². The molecule has 96 valence electrons. The maximum atomic E-state index is 11.3. The van der Waals surface area contributed by atoms with Gasteiger partial charge < -0.3 is 15.4 Å². The minimum atomic E-state index is -0.443. The quantitative estimate of drug-likeness (QED) is 0.814. The minimum Gasteiger partial charge on any atom is -0.444 e. The summed E-state index contributed by atoms with van der Waals surface area (Å²) in [6.45, 7) is 8.83. The maximum Gasteiger partial charge on any atom is 0.407 e. The van der Waals surface area contributed by atoms with Gasteiger partial charge in [0.25, 0.3) is 0 Å². The molecule has 0 aliphatic carbocycles. The molecule has 1 aromatic heterocycles. The highest BCUT2D eigenvalue weighted by molar-refractivity contribution is 7.08. The Kier molecular flexibility index (Phi) is 4.81. The van der Waals surface area contributed by atoms with E-state index in [9.17, 15) is 4.79 Å². The van der Waals surface area contributed by atoms with Crippen molar-refractivity contribution >= 4 is 23.1 Å². The van der Waals surface area contributed by atoms with Crippen molar-refractivity contribution in [1.29, 1.82) is 0 Å². The van der Waals surface area contributed by atoms with Crippen molar-refractivity contribution in [2.75, 3.05) is 18.4 Å². The summed E-state index contributed by atoms with van der Waals surface area (Å²) in [7, 11) is 0. The topological polar surface area (TPSA) is 50.4 Å². The van der Waals surface area contributed by atoms with Crippen molar-refractivity contribution in [1.82, 2.24) is 5.32 Å². The van der Waals surface area contributed by atoms with E-state index < -0.39 is 5.60 Å². The lowest BCUT2D eigenvalue weighted by atomic mass is 10.2. The lowest BCUT2D eigenvalue weighted by Gasteiger charge is -2.19. The molecule has 0 aliphatic rings. The summed E-state index contributed by atoms with van der Waals surface area (Å²) in [5.74, 6) is 0. The molecule has 2 N–H and O–H groups in total. The van der Waals surface area contributed by atoms with Gasteiger partial charge in [-0.15, -0.1) is 11.3 Å². The van der Waals surface area contributed by atoms with Gasteiger partial charge in [-0.2, -0.15) is 0 Å². The predicted molar refractivity (Wildman–Crippen MR) is 71.8 cm³/mol. The number of aryl methyl sites for hydroxylation is 1. The van der Waals surface area contributed by atoms with Crippen LogP contribution in [0, 0.1) is 6.92 Å². The number of nitrogens with one attached hydrogen (secondary N) is 2. The van der Waals surface area contributed by atoms with Crippen LogP contribution < -0.4 is 10.6 Å². The highest BCUT2D eigenvalue weighted by Crippen LogP contribution is 2.18. The molecule has 1 aromatic rings. The Morgan fingerprint density at radius 3 is 2.59 bits per heavy atom. The highest BCUT2D eigenvalue weighted by Gasteiger charge is 2.15.